The van der Waals surface area contributed by atoms with Crippen LogP contribution >= 0.6 is 0 Å². The highest BCUT2D eigenvalue weighted by Gasteiger charge is 2.69. The Morgan fingerprint density at radius 1 is 1.10 bits per heavy atom. The molecule has 7 heteroatoms. The summed E-state index contributed by atoms with van der Waals surface area (Å²) in [4.78, 5) is 12.9. The predicted molar refractivity (Wildman–Crippen MR) is 114 cm³/mol. The van der Waals surface area contributed by atoms with E-state index in [1.165, 1.54) is 0 Å². The molecule has 2 aliphatic rings. The molecule has 1 aliphatic heterocycles. The van der Waals surface area contributed by atoms with Gasteiger partial charge in [0.2, 0.25) is 10.0 Å². The Balaban J connectivity index is 1.71. The summed E-state index contributed by atoms with van der Waals surface area (Å²) in [6.45, 7) is 7.73. The number of alkyl carbamates (subject to hydrolysis) is 1. The minimum atomic E-state index is -3.72. The number of hydrogen-bond donors (Lipinski definition) is 1. The summed E-state index contributed by atoms with van der Waals surface area (Å²) in [5, 5.41) is 3.03. The summed E-state index contributed by atoms with van der Waals surface area (Å²) in [5.41, 5.74) is 0.589. The zero-order valence-electron chi connectivity index (χ0n) is 17.8. The van der Waals surface area contributed by atoms with Crippen molar-refractivity contribution in [1.82, 2.24) is 9.62 Å². The number of piperidine rings is 1. The molecule has 6 nitrogen and oxygen atoms in total. The molecule has 4 rings (SSSR count). The fourth-order valence-corrected chi connectivity index (χ4v) is 6.10. The quantitative estimate of drug-likeness (QED) is 0.798. The van der Waals surface area contributed by atoms with E-state index in [4.69, 9.17) is 4.74 Å². The Kier molecular flexibility index (Phi) is 4.94. The lowest BCUT2D eigenvalue weighted by molar-refractivity contribution is 0.0479. The maximum atomic E-state index is 13.5. The van der Waals surface area contributed by atoms with Crippen LogP contribution in [0.1, 0.15) is 44.4 Å². The van der Waals surface area contributed by atoms with E-state index < -0.39 is 33.3 Å². The van der Waals surface area contributed by atoms with Crippen LogP contribution in [-0.2, 0) is 14.8 Å². The van der Waals surface area contributed by atoms with Gasteiger partial charge in [-0.25, -0.2) is 13.2 Å². The lowest BCUT2D eigenvalue weighted by atomic mass is 9.98. The van der Waals surface area contributed by atoms with Crippen LogP contribution in [0.5, 0.6) is 0 Å². The van der Waals surface area contributed by atoms with Gasteiger partial charge in [-0.3, -0.25) is 0 Å². The molecule has 2 fully saturated rings. The highest BCUT2D eigenvalue weighted by atomic mass is 32.2. The topological polar surface area (TPSA) is 75.7 Å². The number of sulfonamides is 1. The van der Waals surface area contributed by atoms with Gasteiger partial charge in [0, 0.05) is 12.5 Å². The Labute approximate surface area is 178 Å². The molecule has 2 aromatic carbocycles. The van der Waals surface area contributed by atoms with Crippen molar-refractivity contribution < 1.29 is 17.9 Å². The first-order chi connectivity index (χ1) is 14.0. The summed E-state index contributed by atoms with van der Waals surface area (Å²) < 4.78 is 34.1. The molecule has 1 heterocycles. The van der Waals surface area contributed by atoms with Crippen LogP contribution in [0, 0.1) is 12.8 Å². The second kappa shape index (κ2) is 7.10. The molecule has 30 heavy (non-hydrogen) atoms. The summed E-state index contributed by atoms with van der Waals surface area (Å²) in [6, 6.07) is 15.9. The van der Waals surface area contributed by atoms with Gasteiger partial charge in [-0.05, 0) is 51.8 Å². The van der Waals surface area contributed by atoms with Gasteiger partial charge in [0.1, 0.15) is 5.60 Å². The van der Waals surface area contributed by atoms with E-state index in [-0.39, 0.29) is 10.8 Å². The third kappa shape index (κ3) is 3.72. The van der Waals surface area contributed by atoms with Crippen molar-refractivity contribution in [3.63, 3.8) is 0 Å². The SMILES string of the molecule is Cc1ccc(S(=O)(=O)N2CC3C[C@@]3(NC(=O)OC(C)(C)C)[C@H]2c2ccccc2)cc1. The van der Waals surface area contributed by atoms with Crippen molar-refractivity contribution >= 4 is 16.1 Å². The number of fused-ring (bicyclic) bond motifs is 1. The summed E-state index contributed by atoms with van der Waals surface area (Å²) >= 11 is 0. The van der Waals surface area contributed by atoms with Crippen molar-refractivity contribution in [2.75, 3.05) is 6.54 Å². The standard InChI is InChI=1S/C23H28N2O4S/c1-16-10-12-19(13-11-16)30(27,28)25-15-18-14-23(18,24-21(26)29-22(2,3)4)20(25)17-8-6-5-7-9-17/h5-13,18,20H,14-15H2,1-4H3,(H,24,26)/t18?,20-,23+/m1/s1. The Morgan fingerprint density at radius 3 is 2.33 bits per heavy atom. The zero-order valence-corrected chi connectivity index (χ0v) is 18.6. The highest BCUT2D eigenvalue weighted by Crippen LogP contribution is 2.61. The second-order valence-corrected chi connectivity index (χ2v) is 11.2. The number of carbonyl (C=O) groups excluding carboxylic acids is 1. The number of hydrogen-bond acceptors (Lipinski definition) is 4. The van der Waals surface area contributed by atoms with Crippen molar-refractivity contribution in [3.05, 3.63) is 65.7 Å². The van der Waals surface area contributed by atoms with E-state index in [2.05, 4.69) is 5.32 Å². The summed E-state index contributed by atoms with van der Waals surface area (Å²) in [7, 11) is -3.72. The van der Waals surface area contributed by atoms with Crippen molar-refractivity contribution in [3.8, 4) is 0 Å². The molecule has 0 aromatic heterocycles. The molecule has 0 bridgehead atoms. The number of nitrogens with one attached hydrogen (secondary N) is 1. The fraction of sp³-hybridized carbons (Fsp3) is 0.435. The van der Waals surface area contributed by atoms with Crippen LogP contribution in [-0.4, -0.2) is 36.5 Å². The molecule has 1 saturated heterocycles. The van der Waals surface area contributed by atoms with E-state index in [0.717, 1.165) is 17.5 Å². The first kappa shape index (κ1) is 20.9. The van der Waals surface area contributed by atoms with Crippen LogP contribution in [0.2, 0.25) is 0 Å². The minimum absolute atomic E-state index is 0.0513. The maximum Gasteiger partial charge on any atom is 0.408 e. The van der Waals surface area contributed by atoms with Gasteiger partial charge < -0.3 is 10.1 Å². The zero-order chi connectivity index (χ0) is 21.7. The van der Waals surface area contributed by atoms with Crippen LogP contribution in [0.3, 0.4) is 0 Å². The van der Waals surface area contributed by atoms with Crippen LogP contribution in [0.4, 0.5) is 4.79 Å². The smallest absolute Gasteiger partial charge is 0.408 e. The van der Waals surface area contributed by atoms with E-state index in [1.54, 1.807) is 28.6 Å². The molecule has 1 amide bonds. The molecule has 1 aliphatic carbocycles. The van der Waals surface area contributed by atoms with Gasteiger partial charge in [0.05, 0.1) is 16.5 Å². The lowest BCUT2D eigenvalue weighted by Gasteiger charge is -2.33. The number of carbonyl (C=O) groups is 1. The van der Waals surface area contributed by atoms with Gasteiger partial charge in [-0.1, -0.05) is 48.0 Å². The van der Waals surface area contributed by atoms with E-state index >= 15 is 0 Å². The summed E-state index contributed by atoms with van der Waals surface area (Å²) in [5.74, 6) is 0.0513. The van der Waals surface area contributed by atoms with Gasteiger partial charge in [0.25, 0.3) is 0 Å². The number of nitrogens with zero attached hydrogens (tertiary/aromatic N) is 1. The van der Waals surface area contributed by atoms with E-state index in [0.29, 0.717) is 6.54 Å². The molecule has 0 radical (unpaired) electrons. The Hall–Kier alpha value is -2.38. The average molecular weight is 429 g/mol. The summed E-state index contributed by atoms with van der Waals surface area (Å²) in [6.07, 6.45) is 0.214. The molecular weight excluding hydrogens is 400 g/mol. The molecule has 1 saturated carbocycles. The van der Waals surface area contributed by atoms with Gasteiger partial charge in [0.15, 0.2) is 0 Å². The van der Waals surface area contributed by atoms with Gasteiger partial charge in [-0.2, -0.15) is 4.31 Å². The van der Waals surface area contributed by atoms with E-state index in [9.17, 15) is 13.2 Å². The second-order valence-electron chi connectivity index (χ2n) is 9.27. The first-order valence-electron chi connectivity index (χ1n) is 10.2. The number of aryl methyl sites for hydroxylation is 1. The van der Waals surface area contributed by atoms with Crippen LogP contribution < -0.4 is 5.32 Å². The minimum Gasteiger partial charge on any atom is -0.444 e. The first-order valence-corrected chi connectivity index (χ1v) is 11.6. The van der Waals surface area contributed by atoms with Gasteiger partial charge in [-0.15, -0.1) is 0 Å². The molecular formula is C23H28N2O4S. The number of benzene rings is 2. The van der Waals surface area contributed by atoms with Crippen LogP contribution in [0.25, 0.3) is 0 Å². The molecule has 1 unspecified atom stereocenters. The third-order valence-corrected chi connectivity index (χ3v) is 7.65. The molecule has 160 valence electrons. The Bertz CT molecular complexity index is 1040. The number of rotatable bonds is 4. The predicted octanol–water partition coefficient (Wildman–Crippen LogP) is 4.02. The normalized spacial score (nSPS) is 26.1. The fourth-order valence-electron chi connectivity index (χ4n) is 4.39. The van der Waals surface area contributed by atoms with Crippen molar-refractivity contribution in [2.24, 2.45) is 5.92 Å². The molecule has 0 spiro atoms. The molecule has 1 N–H and O–H groups in total. The third-order valence-electron chi connectivity index (χ3n) is 5.81. The van der Waals surface area contributed by atoms with Gasteiger partial charge >= 0.3 is 6.09 Å². The Morgan fingerprint density at radius 2 is 1.73 bits per heavy atom. The van der Waals surface area contributed by atoms with Crippen molar-refractivity contribution in [2.45, 2.75) is 56.2 Å². The number of ether oxygens (including phenoxy) is 1. The highest BCUT2D eigenvalue weighted by molar-refractivity contribution is 7.89. The van der Waals surface area contributed by atoms with Crippen LogP contribution in [0.15, 0.2) is 59.5 Å². The number of amides is 1. The van der Waals surface area contributed by atoms with E-state index in [1.807, 2.05) is 58.0 Å². The monoisotopic (exact) mass is 428 g/mol. The molecule has 2 aromatic rings. The lowest BCUT2D eigenvalue weighted by Crippen LogP contribution is -2.47. The largest absolute Gasteiger partial charge is 0.444 e. The molecule has 3 atom stereocenters. The van der Waals surface area contributed by atoms with Crippen molar-refractivity contribution in [1.29, 1.82) is 0 Å². The maximum absolute atomic E-state index is 13.5. The average Bonchev–Trinajstić information content (AvgIpc) is 3.23.